The molecule has 0 aliphatic carbocycles. The highest BCUT2D eigenvalue weighted by Crippen LogP contribution is 2.23. The predicted octanol–water partition coefficient (Wildman–Crippen LogP) is 1.09. The number of nitrogens with zero attached hydrogens (tertiary/aromatic N) is 4. The van der Waals surface area contributed by atoms with Crippen LogP contribution in [0, 0.1) is 5.92 Å². The van der Waals surface area contributed by atoms with E-state index in [1.807, 2.05) is 30.5 Å². The maximum absolute atomic E-state index is 12.6. The number of carbonyl (C=O) groups excluding carboxylic acids is 3. The van der Waals surface area contributed by atoms with Gasteiger partial charge >= 0.3 is 0 Å². The minimum Gasteiger partial charge on any atom is -0.338 e. The van der Waals surface area contributed by atoms with E-state index in [1.54, 1.807) is 21.8 Å². The van der Waals surface area contributed by atoms with E-state index < -0.39 is 0 Å². The Balaban J connectivity index is 1.38. The van der Waals surface area contributed by atoms with Crippen LogP contribution in [-0.2, 0) is 9.59 Å². The second-order valence-electron chi connectivity index (χ2n) is 6.48. The molecule has 1 aromatic heterocycles. The van der Waals surface area contributed by atoms with Gasteiger partial charge in [0.15, 0.2) is 0 Å². The number of hydrogen-bond donors (Lipinski definition) is 0. The van der Waals surface area contributed by atoms with Crippen molar-refractivity contribution in [1.29, 1.82) is 0 Å². The van der Waals surface area contributed by atoms with Crippen molar-refractivity contribution in [3.8, 4) is 5.69 Å². The van der Waals surface area contributed by atoms with E-state index in [2.05, 4.69) is 5.10 Å². The number of carbonyl (C=O) groups is 3. The van der Waals surface area contributed by atoms with Crippen LogP contribution >= 0.6 is 0 Å². The SMILES string of the molecule is O=C(c1cccc(-n2cccn2)c1)N1CC(CN2C(=O)CCC2=O)C1. The molecule has 2 aliphatic rings. The van der Waals surface area contributed by atoms with E-state index in [-0.39, 0.29) is 23.6 Å². The third kappa shape index (κ3) is 2.93. The molecule has 1 aromatic carbocycles. The number of likely N-dealkylation sites (tertiary alicyclic amines) is 2. The Kier molecular flexibility index (Phi) is 3.83. The van der Waals surface area contributed by atoms with Gasteiger partial charge in [-0.15, -0.1) is 0 Å². The fourth-order valence-corrected chi connectivity index (χ4v) is 3.32. The first-order valence-electron chi connectivity index (χ1n) is 8.34. The molecule has 0 N–H and O–H groups in total. The lowest BCUT2D eigenvalue weighted by atomic mass is 9.98. The van der Waals surface area contributed by atoms with Crippen LogP contribution in [0.5, 0.6) is 0 Å². The van der Waals surface area contributed by atoms with Gasteiger partial charge in [0.05, 0.1) is 5.69 Å². The molecule has 3 heterocycles. The van der Waals surface area contributed by atoms with E-state index >= 15 is 0 Å². The van der Waals surface area contributed by atoms with E-state index in [0.29, 0.717) is 38.0 Å². The summed E-state index contributed by atoms with van der Waals surface area (Å²) in [5.74, 6) is -0.0584. The van der Waals surface area contributed by atoms with Crippen LogP contribution in [0.15, 0.2) is 42.7 Å². The molecule has 128 valence electrons. The fraction of sp³-hybridized carbons (Fsp3) is 0.333. The molecule has 0 unspecified atom stereocenters. The summed E-state index contributed by atoms with van der Waals surface area (Å²) in [7, 11) is 0. The lowest BCUT2D eigenvalue weighted by Crippen LogP contribution is -2.54. The molecule has 25 heavy (non-hydrogen) atoms. The van der Waals surface area contributed by atoms with Gasteiger partial charge in [-0.25, -0.2) is 4.68 Å². The summed E-state index contributed by atoms with van der Waals surface area (Å²) in [4.78, 5) is 39.0. The van der Waals surface area contributed by atoms with Gasteiger partial charge < -0.3 is 4.90 Å². The molecule has 2 aliphatic heterocycles. The molecule has 0 spiro atoms. The van der Waals surface area contributed by atoms with Gasteiger partial charge in [-0.05, 0) is 24.3 Å². The third-order valence-corrected chi connectivity index (χ3v) is 4.70. The van der Waals surface area contributed by atoms with Gasteiger partial charge in [-0.1, -0.05) is 6.07 Å². The topological polar surface area (TPSA) is 75.5 Å². The lowest BCUT2D eigenvalue weighted by molar-refractivity contribution is -0.139. The first-order chi connectivity index (χ1) is 12.1. The highest BCUT2D eigenvalue weighted by Gasteiger charge is 2.37. The number of amides is 3. The average molecular weight is 338 g/mol. The number of aromatic nitrogens is 2. The van der Waals surface area contributed by atoms with Gasteiger partial charge in [0.2, 0.25) is 11.8 Å². The molecule has 0 saturated carbocycles. The summed E-state index contributed by atoms with van der Waals surface area (Å²) in [6.45, 7) is 1.57. The Morgan fingerprint density at radius 2 is 1.88 bits per heavy atom. The molecular formula is C18H18N4O3. The molecular weight excluding hydrogens is 320 g/mol. The van der Waals surface area contributed by atoms with Crippen molar-refractivity contribution < 1.29 is 14.4 Å². The monoisotopic (exact) mass is 338 g/mol. The minimum absolute atomic E-state index is 0.0377. The Morgan fingerprint density at radius 1 is 1.12 bits per heavy atom. The summed E-state index contributed by atoms with van der Waals surface area (Å²) >= 11 is 0. The Morgan fingerprint density at radius 3 is 2.56 bits per heavy atom. The largest absolute Gasteiger partial charge is 0.338 e. The van der Waals surface area contributed by atoms with E-state index in [1.165, 1.54) is 4.90 Å². The highest BCUT2D eigenvalue weighted by atomic mass is 16.2. The van der Waals surface area contributed by atoms with Crippen molar-refractivity contribution >= 4 is 17.7 Å². The zero-order valence-electron chi connectivity index (χ0n) is 13.7. The van der Waals surface area contributed by atoms with Crippen molar-refractivity contribution in [3.05, 3.63) is 48.3 Å². The molecule has 2 fully saturated rings. The summed E-state index contributed by atoms with van der Waals surface area (Å²) in [5.41, 5.74) is 1.45. The van der Waals surface area contributed by atoms with Crippen molar-refractivity contribution in [3.63, 3.8) is 0 Å². The molecule has 0 bridgehead atoms. The lowest BCUT2D eigenvalue weighted by Gasteiger charge is -2.40. The van der Waals surface area contributed by atoms with Gasteiger partial charge in [-0.3, -0.25) is 19.3 Å². The maximum Gasteiger partial charge on any atom is 0.253 e. The zero-order chi connectivity index (χ0) is 17.4. The second kappa shape index (κ2) is 6.16. The van der Waals surface area contributed by atoms with E-state index in [0.717, 1.165) is 5.69 Å². The van der Waals surface area contributed by atoms with Crippen LogP contribution in [0.4, 0.5) is 0 Å². The Bertz CT molecular complexity index is 809. The van der Waals surface area contributed by atoms with Crippen molar-refractivity contribution in [2.75, 3.05) is 19.6 Å². The number of benzene rings is 1. The fourth-order valence-electron chi connectivity index (χ4n) is 3.32. The van der Waals surface area contributed by atoms with Crippen LogP contribution in [-0.4, -0.2) is 56.9 Å². The molecule has 3 amide bonds. The summed E-state index contributed by atoms with van der Waals surface area (Å²) in [6, 6.07) is 9.16. The molecule has 7 nitrogen and oxygen atoms in total. The highest BCUT2D eigenvalue weighted by molar-refractivity contribution is 6.02. The van der Waals surface area contributed by atoms with Crippen molar-refractivity contribution in [2.45, 2.75) is 12.8 Å². The number of hydrogen-bond acceptors (Lipinski definition) is 4. The smallest absolute Gasteiger partial charge is 0.253 e. The summed E-state index contributed by atoms with van der Waals surface area (Å²) in [5, 5.41) is 4.17. The summed E-state index contributed by atoms with van der Waals surface area (Å²) < 4.78 is 1.71. The van der Waals surface area contributed by atoms with Crippen LogP contribution in [0.2, 0.25) is 0 Å². The first kappa shape index (κ1) is 15.6. The van der Waals surface area contributed by atoms with Crippen molar-refractivity contribution in [1.82, 2.24) is 19.6 Å². The Hall–Kier alpha value is -2.96. The normalized spacial score (nSPS) is 17.9. The molecule has 0 radical (unpaired) electrons. The standard InChI is InChI=1S/C18H18N4O3/c23-16-5-6-17(24)21(16)12-13-10-20(11-13)18(25)14-3-1-4-15(9-14)22-8-2-7-19-22/h1-4,7-9,13H,5-6,10-12H2. The Labute approximate surface area is 144 Å². The number of rotatable bonds is 4. The van der Waals surface area contributed by atoms with Crippen molar-refractivity contribution in [2.24, 2.45) is 5.92 Å². The van der Waals surface area contributed by atoms with E-state index in [9.17, 15) is 14.4 Å². The average Bonchev–Trinajstić information content (AvgIpc) is 3.22. The molecule has 4 rings (SSSR count). The van der Waals surface area contributed by atoms with Gasteiger partial charge in [0.25, 0.3) is 5.91 Å². The van der Waals surface area contributed by atoms with Gasteiger partial charge in [0.1, 0.15) is 0 Å². The van der Waals surface area contributed by atoms with Crippen LogP contribution in [0.25, 0.3) is 5.69 Å². The molecule has 2 aromatic rings. The maximum atomic E-state index is 12.6. The molecule has 2 saturated heterocycles. The first-order valence-corrected chi connectivity index (χ1v) is 8.34. The zero-order valence-corrected chi connectivity index (χ0v) is 13.7. The molecule has 7 heteroatoms. The third-order valence-electron chi connectivity index (χ3n) is 4.70. The quantitative estimate of drug-likeness (QED) is 0.782. The van der Waals surface area contributed by atoms with Crippen LogP contribution in [0.3, 0.4) is 0 Å². The number of imide groups is 1. The molecule has 0 atom stereocenters. The van der Waals surface area contributed by atoms with Crippen LogP contribution < -0.4 is 0 Å². The van der Waals surface area contributed by atoms with Crippen LogP contribution in [0.1, 0.15) is 23.2 Å². The minimum atomic E-state index is -0.0956. The van der Waals surface area contributed by atoms with Gasteiger partial charge in [-0.2, -0.15) is 5.10 Å². The summed E-state index contributed by atoms with van der Waals surface area (Å²) in [6.07, 6.45) is 4.14. The predicted molar refractivity (Wildman–Crippen MR) is 88.9 cm³/mol. The second-order valence-corrected chi connectivity index (χ2v) is 6.48. The van der Waals surface area contributed by atoms with Gasteiger partial charge in [0, 0.05) is 56.4 Å². The van der Waals surface area contributed by atoms with E-state index in [4.69, 9.17) is 0 Å².